The minimum absolute atomic E-state index is 0.512. The van der Waals surface area contributed by atoms with Crippen LogP contribution in [0, 0.1) is 13.8 Å². The summed E-state index contributed by atoms with van der Waals surface area (Å²) in [6, 6.07) is 9.89. The van der Waals surface area contributed by atoms with E-state index in [2.05, 4.69) is 15.1 Å². The highest BCUT2D eigenvalue weighted by Gasteiger charge is 2.22. The molecule has 0 radical (unpaired) electrons. The van der Waals surface area contributed by atoms with Crippen molar-refractivity contribution in [2.24, 2.45) is 5.10 Å². The predicted octanol–water partition coefficient (Wildman–Crippen LogP) is 2.96. The van der Waals surface area contributed by atoms with Gasteiger partial charge in [0.1, 0.15) is 5.75 Å². The summed E-state index contributed by atoms with van der Waals surface area (Å²) in [4.78, 5) is 25.8. The van der Waals surface area contributed by atoms with Crippen LogP contribution in [-0.4, -0.2) is 47.2 Å². The monoisotopic (exact) mass is 396 g/mol. The average Bonchev–Trinajstić information content (AvgIpc) is 3.02. The molecule has 0 atom stereocenters. The zero-order chi connectivity index (χ0) is 20.8. The maximum absolute atomic E-state index is 12.2. The Morgan fingerprint density at radius 1 is 1.14 bits per heavy atom. The van der Waals surface area contributed by atoms with Crippen LogP contribution >= 0.6 is 0 Å². The van der Waals surface area contributed by atoms with Crippen molar-refractivity contribution in [3.63, 3.8) is 0 Å². The van der Waals surface area contributed by atoms with Gasteiger partial charge in [0, 0.05) is 35.7 Å². The highest BCUT2D eigenvalue weighted by atomic mass is 16.5. The van der Waals surface area contributed by atoms with E-state index in [4.69, 9.17) is 4.74 Å². The molecule has 0 spiro atoms. The Hall–Kier alpha value is -3.09. The summed E-state index contributed by atoms with van der Waals surface area (Å²) in [6.45, 7) is 7.87. The minimum atomic E-state index is -0.691. The van der Waals surface area contributed by atoms with Gasteiger partial charge in [-0.25, -0.2) is 5.43 Å². The van der Waals surface area contributed by atoms with Crippen LogP contribution in [0.4, 0.5) is 0 Å². The first kappa shape index (κ1) is 20.6. The molecule has 1 aliphatic rings. The molecule has 3 rings (SSSR count). The fraction of sp³-hybridized carbons (Fsp3) is 0.409. The van der Waals surface area contributed by atoms with Crippen molar-refractivity contribution in [2.75, 3.05) is 19.7 Å². The first-order valence-electron chi connectivity index (χ1n) is 10.1. The summed E-state index contributed by atoms with van der Waals surface area (Å²) in [7, 11) is 0. The average molecular weight is 396 g/mol. The Morgan fingerprint density at radius 3 is 2.48 bits per heavy atom. The van der Waals surface area contributed by atoms with Crippen LogP contribution in [0.1, 0.15) is 43.1 Å². The highest BCUT2D eigenvalue weighted by molar-refractivity contribution is 6.35. The number of nitrogens with zero attached hydrogens (tertiary/aromatic N) is 3. The van der Waals surface area contributed by atoms with E-state index in [1.807, 2.05) is 51.1 Å². The van der Waals surface area contributed by atoms with Gasteiger partial charge in [-0.05, 0) is 70.4 Å². The predicted molar refractivity (Wildman–Crippen MR) is 113 cm³/mol. The summed E-state index contributed by atoms with van der Waals surface area (Å²) >= 11 is 0. The smallest absolute Gasteiger partial charge is 0.329 e. The Kier molecular flexibility index (Phi) is 6.69. The van der Waals surface area contributed by atoms with Gasteiger partial charge in [0.15, 0.2) is 0 Å². The molecular weight excluding hydrogens is 368 g/mol. The first-order chi connectivity index (χ1) is 14.0. The molecule has 1 N–H and O–H groups in total. The number of hydrazone groups is 1. The molecule has 1 saturated heterocycles. The van der Waals surface area contributed by atoms with E-state index < -0.39 is 11.8 Å². The van der Waals surface area contributed by atoms with E-state index >= 15 is 0 Å². The van der Waals surface area contributed by atoms with Gasteiger partial charge in [-0.1, -0.05) is 0 Å². The van der Waals surface area contributed by atoms with Gasteiger partial charge in [0.2, 0.25) is 0 Å². The summed E-state index contributed by atoms with van der Waals surface area (Å²) in [5, 5.41) is 4.00. The molecule has 1 aliphatic heterocycles. The van der Waals surface area contributed by atoms with Gasteiger partial charge >= 0.3 is 11.8 Å². The lowest BCUT2D eigenvalue weighted by atomic mass is 10.1. The number of amides is 2. The third-order valence-corrected chi connectivity index (χ3v) is 5.08. The van der Waals surface area contributed by atoms with Crippen LogP contribution in [0.15, 0.2) is 35.4 Å². The van der Waals surface area contributed by atoms with Crippen molar-refractivity contribution < 1.29 is 14.3 Å². The first-order valence-corrected chi connectivity index (χ1v) is 10.1. The van der Waals surface area contributed by atoms with Crippen molar-refractivity contribution in [3.05, 3.63) is 47.3 Å². The van der Waals surface area contributed by atoms with Crippen LogP contribution in [0.5, 0.6) is 5.75 Å². The Morgan fingerprint density at radius 2 is 1.83 bits per heavy atom. The van der Waals surface area contributed by atoms with Crippen molar-refractivity contribution >= 4 is 18.0 Å². The Labute approximate surface area is 171 Å². The van der Waals surface area contributed by atoms with Crippen molar-refractivity contribution in [1.29, 1.82) is 0 Å². The number of ether oxygens (including phenoxy) is 1. The number of carbonyl (C=O) groups is 2. The van der Waals surface area contributed by atoms with Gasteiger partial charge in [-0.3, -0.25) is 9.59 Å². The molecule has 29 heavy (non-hydrogen) atoms. The van der Waals surface area contributed by atoms with E-state index in [0.29, 0.717) is 19.7 Å². The van der Waals surface area contributed by atoms with Gasteiger partial charge in [-0.15, -0.1) is 0 Å². The zero-order valence-electron chi connectivity index (χ0n) is 17.3. The SMILES string of the molecule is CCOc1ccc(-n2c(C)cc(/C=N\NC(=O)C(=O)N3CCCCC3)c2C)cc1. The summed E-state index contributed by atoms with van der Waals surface area (Å²) in [5.74, 6) is -0.369. The van der Waals surface area contributed by atoms with Gasteiger partial charge in [-0.2, -0.15) is 5.10 Å². The quantitative estimate of drug-likeness (QED) is 0.480. The molecule has 2 amide bonds. The van der Waals surface area contributed by atoms with E-state index in [0.717, 1.165) is 47.7 Å². The number of carbonyl (C=O) groups excluding carboxylic acids is 2. The molecule has 1 fully saturated rings. The molecule has 0 aliphatic carbocycles. The van der Waals surface area contributed by atoms with Crippen molar-refractivity contribution in [2.45, 2.75) is 40.0 Å². The number of aryl methyl sites for hydroxylation is 1. The number of hydrogen-bond acceptors (Lipinski definition) is 4. The molecule has 0 bridgehead atoms. The number of aromatic nitrogens is 1. The number of likely N-dealkylation sites (tertiary alicyclic amines) is 1. The van der Waals surface area contributed by atoms with E-state index in [1.165, 1.54) is 0 Å². The lowest BCUT2D eigenvalue weighted by molar-refractivity contribution is -0.146. The number of nitrogens with one attached hydrogen (secondary N) is 1. The maximum Gasteiger partial charge on any atom is 0.329 e. The fourth-order valence-electron chi connectivity index (χ4n) is 3.62. The van der Waals surface area contributed by atoms with Crippen LogP contribution in [-0.2, 0) is 9.59 Å². The Balaban J connectivity index is 1.67. The molecule has 1 aromatic heterocycles. The molecule has 2 heterocycles. The number of rotatable bonds is 5. The third-order valence-electron chi connectivity index (χ3n) is 5.08. The maximum atomic E-state index is 12.2. The Bertz CT molecular complexity index is 894. The van der Waals surface area contributed by atoms with Crippen LogP contribution in [0.3, 0.4) is 0 Å². The topological polar surface area (TPSA) is 75.9 Å². The van der Waals surface area contributed by atoms with Crippen LogP contribution < -0.4 is 10.2 Å². The van der Waals surface area contributed by atoms with E-state index in [9.17, 15) is 9.59 Å². The number of piperidine rings is 1. The molecule has 2 aromatic rings. The summed E-state index contributed by atoms with van der Waals surface area (Å²) in [6.07, 6.45) is 4.57. The van der Waals surface area contributed by atoms with Crippen LogP contribution in [0.2, 0.25) is 0 Å². The van der Waals surface area contributed by atoms with Gasteiger partial charge < -0.3 is 14.2 Å². The fourth-order valence-corrected chi connectivity index (χ4v) is 3.62. The van der Waals surface area contributed by atoms with Gasteiger partial charge in [0.25, 0.3) is 0 Å². The lowest BCUT2D eigenvalue weighted by Gasteiger charge is -2.25. The van der Waals surface area contributed by atoms with Crippen LogP contribution in [0.25, 0.3) is 5.69 Å². The summed E-state index contributed by atoms with van der Waals surface area (Å²) in [5.41, 5.74) is 6.29. The van der Waals surface area contributed by atoms with Gasteiger partial charge in [0.05, 0.1) is 12.8 Å². The lowest BCUT2D eigenvalue weighted by Crippen LogP contribution is -2.43. The molecular formula is C22H28N4O3. The zero-order valence-corrected chi connectivity index (χ0v) is 17.3. The second-order valence-corrected chi connectivity index (χ2v) is 7.14. The second-order valence-electron chi connectivity index (χ2n) is 7.14. The standard InChI is InChI=1S/C22H28N4O3/c1-4-29-20-10-8-19(9-11-20)26-16(2)14-18(17(26)3)15-23-24-21(27)22(28)25-12-6-5-7-13-25/h8-11,14-15H,4-7,12-13H2,1-3H3,(H,24,27)/b23-15-. The molecule has 154 valence electrons. The third kappa shape index (κ3) is 4.85. The van der Waals surface area contributed by atoms with E-state index in [1.54, 1.807) is 11.1 Å². The molecule has 7 nitrogen and oxygen atoms in total. The number of benzene rings is 1. The summed E-state index contributed by atoms with van der Waals surface area (Å²) < 4.78 is 7.61. The molecule has 0 unspecified atom stereocenters. The minimum Gasteiger partial charge on any atom is -0.494 e. The molecule has 7 heteroatoms. The number of hydrogen-bond donors (Lipinski definition) is 1. The highest BCUT2D eigenvalue weighted by Crippen LogP contribution is 2.22. The largest absolute Gasteiger partial charge is 0.494 e. The molecule has 0 saturated carbocycles. The second kappa shape index (κ2) is 9.41. The normalized spacial score (nSPS) is 14.2. The van der Waals surface area contributed by atoms with Crippen molar-refractivity contribution in [3.8, 4) is 11.4 Å². The molecule has 1 aromatic carbocycles. The van der Waals surface area contributed by atoms with E-state index in [-0.39, 0.29) is 0 Å². The van der Waals surface area contributed by atoms with Crippen molar-refractivity contribution in [1.82, 2.24) is 14.9 Å².